The first kappa shape index (κ1) is 9.27. The fourth-order valence-electron chi connectivity index (χ4n) is 1.42. The molecule has 1 N–H and O–H groups in total. The number of rotatable bonds is 0. The fraction of sp³-hybridized carbons (Fsp3) is 0.500. The van der Waals surface area contributed by atoms with Gasteiger partial charge in [0, 0.05) is 5.56 Å². The molecule has 70 valence electrons. The number of nitrogens with zero attached hydrogens (tertiary/aromatic N) is 1. The monoisotopic (exact) mass is 260 g/mol. The van der Waals surface area contributed by atoms with Crippen LogP contribution in [0.4, 0.5) is 0 Å². The van der Waals surface area contributed by atoms with Crippen molar-refractivity contribution in [2.75, 3.05) is 11.5 Å². The SMILES string of the molecule is O=c1[nH]c(Br)nc2c1CCSCC2. The molecule has 13 heavy (non-hydrogen) atoms. The van der Waals surface area contributed by atoms with Crippen molar-refractivity contribution in [2.45, 2.75) is 12.8 Å². The maximum absolute atomic E-state index is 11.5. The molecule has 1 aliphatic heterocycles. The Kier molecular flexibility index (Phi) is 2.74. The Morgan fingerprint density at radius 3 is 3.00 bits per heavy atom. The lowest BCUT2D eigenvalue weighted by Gasteiger charge is -2.02. The lowest BCUT2D eigenvalue weighted by molar-refractivity contribution is 0.907. The highest BCUT2D eigenvalue weighted by molar-refractivity contribution is 9.10. The van der Waals surface area contributed by atoms with Gasteiger partial charge in [0.25, 0.3) is 5.56 Å². The molecule has 5 heteroatoms. The second-order valence-electron chi connectivity index (χ2n) is 2.89. The van der Waals surface area contributed by atoms with Crippen LogP contribution >= 0.6 is 27.7 Å². The molecule has 3 nitrogen and oxygen atoms in total. The highest BCUT2D eigenvalue weighted by Crippen LogP contribution is 2.16. The van der Waals surface area contributed by atoms with Gasteiger partial charge in [-0.1, -0.05) is 0 Å². The smallest absolute Gasteiger partial charge is 0.255 e. The molecule has 0 saturated heterocycles. The van der Waals surface area contributed by atoms with Gasteiger partial charge in [0.1, 0.15) is 0 Å². The maximum atomic E-state index is 11.5. The predicted molar refractivity (Wildman–Crippen MR) is 57.3 cm³/mol. The molecule has 0 amide bonds. The number of H-pyrrole nitrogens is 1. The maximum Gasteiger partial charge on any atom is 0.255 e. The zero-order chi connectivity index (χ0) is 9.26. The van der Waals surface area contributed by atoms with Gasteiger partial charge in [0.2, 0.25) is 0 Å². The number of fused-ring (bicyclic) bond motifs is 1. The molecule has 0 saturated carbocycles. The standard InChI is InChI=1S/C8H9BrN2OS/c9-8-10-6-2-4-13-3-1-5(6)7(12)11-8/h1-4H2,(H,10,11,12). The summed E-state index contributed by atoms with van der Waals surface area (Å²) in [6, 6.07) is 0. The molecule has 1 aromatic rings. The van der Waals surface area contributed by atoms with Crippen LogP contribution in [0.3, 0.4) is 0 Å². The Morgan fingerprint density at radius 1 is 1.38 bits per heavy atom. The Hall–Kier alpha value is -0.290. The first-order valence-electron chi connectivity index (χ1n) is 4.12. The highest BCUT2D eigenvalue weighted by atomic mass is 79.9. The quantitative estimate of drug-likeness (QED) is 0.717. The normalized spacial score (nSPS) is 16.4. The Balaban J connectivity index is 2.53. The van der Waals surface area contributed by atoms with Gasteiger partial charge in [0.15, 0.2) is 4.73 Å². The minimum Gasteiger partial charge on any atom is -0.301 e. The number of aryl methyl sites for hydroxylation is 1. The molecule has 1 aromatic heterocycles. The minimum atomic E-state index is 0.0133. The first-order valence-corrected chi connectivity index (χ1v) is 6.07. The van der Waals surface area contributed by atoms with Crippen LogP contribution in [-0.2, 0) is 12.8 Å². The Bertz CT molecular complexity index is 377. The second-order valence-corrected chi connectivity index (χ2v) is 4.87. The van der Waals surface area contributed by atoms with Crippen LogP contribution in [0.25, 0.3) is 0 Å². The third-order valence-electron chi connectivity index (χ3n) is 2.05. The largest absolute Gasteiger partial charge is 0.301 e. The molecule has 2 heterocycles. The summed E-state index contributed by atoms with van der Waals surface area (Å²) in [4.78, 5) is 18.5. The lowest BCUT2D eigenvalue weighted by Crippen LogP contribution is -2.17. The van der Waals surface area contributed by atoms with E-state index in [1.54, 1.807) is 0 Å². The molecule has 0 radical (unpaired) electrons. The van der Waals surface area contributed by atoms with Gasteiger partial charge in [0.05, 0.1) is 5.69 Å². The van der Waals surface area contributed by atoms with E-state index in [4.69, 9.17) is 0 Å². The van der Waals surface area contributed by atoms with Crippen LogP contribution in [0.15, 0.2) is 9.53 Å². The topological polar surface area (TPSA) is 45.8 Å². The van der Waals surface area contributed by atoms with Gasteiger partial charge >= 0.3 is 0 Å². The first-order chi connectivity index (χ1) is 6.27. The van der Waals surface area contributed by atoms with Crippen LogP contribution in [-0.4, -0.2) is 21.5 Å². The molecule has 0 bridgehead atoms. The number of aromatic amines is 1. The van der Waals surface area contributed by atoms with Gasteiger partial charge in [-0.25, -0.2) is 4.98 Å². The van der Waals surface area contributed by atoms with E-state index in [9.17, 15) is 4.79 Å². The lowest BCUT2D eigenvalue weighted by atomic mass is 10.1. The van der Waals surface area contributed by atoms with Crippen LogP contribution in [0, 0.1) is 0 Å². The van der Waals surface area contributed by atoms with Gasteiger partial charge in [-0.2, -0.15) is 11.8 Å². The van der Waals surface area contributed by atoms with Gasteiger partial charge in [-0.15, -0.1) is 0 Å². The van der Waals surface area contributed by atoms with Crippen molar-refractivity contribution < 1.29 is 0 Å². The average Bonchev–Trinajstić information content (AvgIpc) is 2.28. The number of thioether (sulfide) groups is 1. The summed E-state index contributed by atoms with van der Waals surface area (Å²) in [6.45, 7) is 0. The number of halogens is 1. The summed E-state index contributed by atoms with van der Waals surface area (Å²) >= 11 is 5.07. The molecule has 2 rings (SSSR count). The zero-order valence-electron chi connectivity index (χ0n) is 6.97. The number of nitrogens with one attached hydrogen (secondary N) is 1. The van der Waals surface area contributed by atoms with E-state index in [2.05, 4.69) is 25.9 Å². The van der Waals surface area contributed by atoms with Gasteiger partial charge in [-0.3, -0.25) is 4.79 Å². The minimum absolute atomic E-state index is 0.0133. The van der Waals surface area contributed by atoms with Crippen LogP contribution < -0.4 is 5.56 Å². The summed E-state index contributed by atoms with van der Waals surface area (Å²) in [7, 11) is 0. The summed E-state index contributed by atoms with van der Waals surface area (Å²) < 4.78 is 0.545. The van der Waals surface area contributed by atoms with Crippen molar-refractivity contribution in [3.63, 3.8) is 0 Å². The molecular formula is C8H9BrN2OS. The van der Waals surface area contributed by atoms with Crippen molar-refractivity contribution >= 4 is 27.7 Å². The van der Waals surface area contributed by atoms with Crippen molar-refractivity contribution in [1.82, 2.24) is 9.97 Å². The van der Waals surface area contributed by atoms with E-state index in [1.807, 2.05) is 11.8 Å². The Labute approximate surface area is 88.5 Å². The molecule has 0 fully saturated rings. The van der Waals surface area contributed by atoms with Gasteiger partial charge < -0.3 is 4.98 Å². The van der Waals surface area contributed by atoms with E-state index in [0.29, 0.717) is 4.73 Å². The molecule has 0 spiro atoms. The fourth-order valence-corrected chi connectivity index (χ4v) is 2.71. The second kappa shape index (κ2) is 3.84. The highest BCUT2D eigenvalue weighted by Gasteiger charge is 2.13. The predicted octanol–water partition coefficient (Wildman–Crippen LogP) is 1.36. The molecule has 0 aliphatic carbocycles. The number of aromatic nitrogens is 2. The summed E-state index contributed by atoms with van der Waals surface area (Å²) in [5, 5.41) is 0. The Morgan fingerprint density at radius 2 is 2.15 bits per heavy atom. The third-order valence-corrected chi connectivity index (χ3v) is 3.41. The zero-order valence-corrected chi connectivity index (χ0v) is 9.37. The van der Waals surface area contributed by atoms with Gasteiger partial charge in [-0.05, 0) is 40.3 Å². The molecule has 0 unspecified atom stereocenters. The van der Waals surface area contributed by atoms with E-state index in [0.717, 1.165) is 35.6 Å². The summed E-state index contributed by atoms with van der Waals surface area (Å²) in [5.74, 6) is 2.09. The molecule has 1 aliphatic rings. The van der Waals surface area contributed by atoms with E-state index in [1.165, 1.54) is 0 Å². The third kappa shape index (κ3) is 1.96. The van der Waals surface area contributed by atoms with Crippen molar-refractivity contribution in [3.8, 4) is 0 Å². The van der Waals surface area contributed by atoms with Crippen molar-refractivity contribution in [2.24, 2.45) is 0 Å². The average molecular weight is 261 g/mol. The molecule has 0 aromatic carbocycles. The summed E-state index contributed by atoms with van der Waals surface area (Å²) in [6.07, 6.45) is 1.75. The van der Waals surface area contributed by atoms with E-state index < -0.39 is 0 Å². The van der Waals surface area contributed by atoms with Crippen LogP contribution in [0.1, 0.15) is 11.3 Å². The van der Waals surface area contributed by atoms with Crippen molar-refractivity contribution in [3.05, 3.63) is 26.3 Å². The van der Waals surface area contributed by atoms with Crippen LogP contribution in [0.2, 0.25) is 0 Å². The van der Waals surface area contributed by atoms with E-state index in [-0.39, 0.29) is 5.56 Å². The molecule has 0 atom stereocenters. The number of hydrogen-bond acceptors (Lipinski definition) is 3. The summed E-state index contributed by atoms with van der Waals surface area (Å²) in [5.41, 5.74) is 1.84. The van der Waals surface area contributed by atoms with Crippen LogP contribution in [0.5, 0.6) is 0 Å². The van der Waals surface area contributed by atoms with Crippen molar-refractivity contribution in [1.29, 1.82) is 0 Å². The van der Waals surface area contributed by atoms with E-state index >= 15 is 0 Å². The molecular weight excluding hydrogens is 252 g/mol. The number of hydrogen-bond donors (Lipinski definition) is 1.